The molecular formula is C14H15BrN2O3S. The van der Waals surface area contributed by atoms with Crippen molar-refractivity contribution in [1.82, 2.24) is 10.6 Å². The van der Waals surface area contributed by atoms with Crippen LogP contribution in [0, 0.1) is 5.92 Å². The van der Waals surface area contributed by atoms with Gasteiger partial charge in [-0.25, -0.2) is 0 Å². The van der Waals surface area contributed by atoms with Gasteiger partial charge in [-0.15, -0.1) is 0 Å². The highest BCUT2D eigenvalue weighted by atomic mass is 79.9. The summed E-state index contributed by atoms with van der Waals surface area (Å²) in [5.74, 6) is -0.0992. The van der Waals surface area contributed by atoms with Crippen molar-refractivity contribution < 1.29 is 14.3 Å². The standard InChI is InChI=1S/C14H15BrN2O3S/c1-3-19-12(18)10-11-8-6-7(15)4-5-9(8)20-14(10,2)17-13(21)16-11/h4-6,10-11H,3H2,1-2H3,(H2,16,17,21)/t10?,11?,14-/m1/s1. The van der Waals surface area contributed by atoms with Gasteiger partial charge in [-0.2, -0.15) is 0 Å². The van der Waals surface area contributed by atoms with E-state index in [0.29, 0.717) is 11.7 Å². The van der Waals surface area contributed by atoms with E-state index in [4.69, 9.17) is 21.7 Å². The highest BCUT2D eigenvalue weighted by Gasteiger charge is 2.55. The van der Waals surface area contributed by atoms with Crippen molar-refractivity contribution in [2.75, 3.05) is 6.61 Å². The van der Waals surface area contributed by atoms with Crippen LogP contribution in [0.2, 0.25) is 0 Å². The third-order valence-corrected chi connectivity index (χ3v) is 4.46. The number of hydrogen-bond acceptors (Lipinski definition) is 4. The summed E-state index contributed by atoms with van der Waals surface area (Å²) in [5.41, 5.74) is -0.0242. The third-order valence-electron chi connectivity index (χ3n) is 3.74. The van der Waals surface area contributed by atoms with Gasteiger partial charge in [-0.3, -0.25) is 4.79 Å². The first-order valence-corrected chi connectivity index (χ1v) is 7.88. The van der Waals surface area contributed by atoms with Crippen LogP contribution in [0.25, 0.3) is 0 Å². The molecule has 112 valence electrons. The Balaban J connectivity index is 2.10. The lowest BCUT2D eigenvalue weighted by Crippen LogP contribution is -2.70. The average molecular weight is 371 g/mol. The van der Waals surface area contributed by atoms with Crippen LogP contribution >= 0.6 is 28.1 Å². The number of esters is 1. The number of carbonyl (C=O) groups is 1. The van der Waals surface area contributed by atoms with E-state index in [2.05, 4.69) is 26.6 Å². The number of halogens is 1. The monoisotopic (exact) mass is 370 g/mol. The Bertz CT molecular complexity index is 624. The first kappa shape index (κ1) is 14.6. The summed E-state index contributed by atoms with van der Waals surface area (Å²) in [6, 6.07) is 5.45. The van der Waals surface area contributed by atoms with Crippen molar-refractivity contribution in [1.29, 1.82) is 0 Å². The fourth-order valence-electron chi connectivity index (χ4n) is 2.90. The van der Waals surface area contributed by atoms with Gasteiger partial charge < -0.3 is 20.1 Å². The zero-order chi connectivity index (χ0) is 15.2. The maximum atomic E-state index is 12.4. The number of thiocarbonyl (C=S) groups is 1. The highest BCUT2D eigenvalue weighted by Crippen LogP contribution is 2.45. The van der Waals surface area contributed by atoms with Gasteiger partial charge in [-0.05, 0) is 44.3 Å². The molecule has 2 aliphatic rings. The lowest BCUT2D eigenvalue weighted by Gasteiger charge is -2.50. The molecule has 2 bridgehead atoms. The van der Waals surface area contributed by atoms with E-state index < -0.39 is 11.6 Å². The van der Waals surface area contributed by atoms with Crippen molar-refractivity contribution in [3.8, 4) is 5.75 Å². The summed E-state index contributed by atoms with van der Waals surface area (Å²) in [6.07, 6.45) is 0. The molecule has 0 aliphatic carbocycles. The Morgan fingerprint density at radius 3 is 3.05 bits per heavy atom. The lowest BCUT2D eigenvalue weighted by molar-refractivity contribution is -0.162. The lowest BCUT2D eigenvalue weighted by atomic mass is 9.80. The molecule has 1 aromatic carbocycles. The van der Waals surface area contributed by atoms with Crippen molar-refractivity contribution >= 4 is 39.2 Å². The largest absolute Gasteiger partial charge is 0.467 e. The predicted octanol–water partition coefficient (Wildman–Crippen LogP) is 2.26. The number of fused-ring (bicyclic) bond motifs is 4. The number of hydrogen-bond donors (Lipinski definition) is 2. The minimum absolute atomic E-state index is 0.274. The van der Waals surface area contributed by atoms with E-state index in [9.17, 15) is 4.79 Å². The summed E-state index contributed by atoms with van der Waals surface area (Å²) in [6.45, 7) is 3.93. The second kappa shape index (κ2) is 5.14. The Morgan fingerprint density at radius 1 is 1.57 bits per heavy atom. The summed E-state index contributed by atoms with van der Waals surface area (Å²) in [4.78, 5) is 12.4. The van der Waals surface area contributed by atoms with Crippen LogP contribution in [0.15, 0.2) is 22.7 Å². The molecule has 0 spiro atoms. The molecule has 0 saturated carbocycles. The molecule has 1 fully saturated rings. The fraction of sp³-hybridized carbons (Fsp3) is 0.429. The second-order valence-corrected chi connectivity index (χ2v) is 6.52. The highest BCUT2D eigenvalue weighted by molar-refractivity contribution is 9.10. The van der Waals surface area contributed by atoms with Gasteiger partial charge in [0.15, 0.2) is 10.8 Å². The summed E-state index contributed by atoms with van der Waals surface area (Å²) >= 11 is 8.68. The van der Waals surface area contributed by atoms with E-state index in [1.807, 2.05) is 25.1 Å². The van der Waals surface area contributed by atoms with Crippen molar-refractivity contribution in [3.63, 3.8) is 0 Å². The molecule has 3 atom stereocenters. The van der Waals surface area contributed by atoms with Crippen molar-refractivity contribution in [3.05, 3.63) is 28.2 Å². The molecule has 21 heavy (non-hydrogen) atoms. The number of benzene rings is 1. The topological polar surface area (TPSA) is 59.6 Å². The summed E-state index contributed by atoms with van der Waals surface area (Å²) < 4.78 is 12.2. The maximum Gasteiger partial charge on any atom is 0.317 e. The molecule has 7 heteroatoms. The smallest absolute Gasteiger partial charge is 0.317 e. The minimum Gasteiger partial charge on any atom is -0.467 e. The minimum atomic E-state index is -0.917. The molecule has 0 radical (unpaired) electrons. The van der Waals surface area contributed by atoms with E-state index in [1.165, 1.54) is 0 Å². The van der Waals surface area contributed by atoms with Gasteiger partial charge in [0.05, 0.1) is 12.6 Å². The molecule has 1 saturated heterocycles. The van der Waals surface area contributed by atoms with Crippen molar-refractivity contribution in [2.24, 2.45) is 5.92 Å². The van der Waals surface area contributed by atoms with Crippen LogP contribution in [0.3, 0.4) is 0 Å². The third kappa shape index (κ3) is 2.38. The van der Waals surface area contributed by atoms with Crippen LogP contribution in [-0.2, 0) is 9.53 Å². The summed E-state index contributed by atoms with van der Waals surface area (Å²) in [5, 5.41) is 6.69. The van der Waals surface area contributed by atoms with Gasteiger partial charge in [0.1, 0.15) is 11.7 Å². The second-order valence-electron chi connectivity index (χ2n) is 5.20. The van der Waals surface area contributed by atoms with Crippen LogP contribution in [-0.4, -0.2) is 23.4 Å². The quantitative estimate of drug-likeness (QED) is 0.615. The SMILES string of the molecule is CCOC(=O)C1C2NC(=S)N[C@]1(C)Oc1ccc(Br)cc12. The molecule has 0 aromatic heterocycles. The Hall–Kier alpha value is -1.34. The van der Waals surface area contributed by atoms with E-state index in [0.717, 1.165) is 15.8 Å². The molecule has 5 nitrogen and oxygen atoms in total. The number of carbonyl (C=O) groups excluding carboxylic acids is 1. The Labute approximate surface area is 136 Å². The molecule has 0 amide bonds. The number of rotatable bonds is 2. The predicted molar refractivity (Wildman–Crippen MR) is 84.9 cm³/mol. The van der Waals surface area contributed by atoms with Crippen LogP contribution < -0.4 is 15.4 Å². The normalized spacial score (nSPS) is 29.6. The van der Waals surface area contributed by atoms with Crippen LogP contribution in [0.4, 0.5) is 0 Å². The van der Waals surface area contributed by atoms with Gasteiger partial charge in [0.2, 0.25) is 0 Å². The fourth-order valence-corrected chi connectivity index (χ4v) is 3.61. The molecule has 2 heterocycles. The molecule has 2 unspecified atom stereocenters. The molecule has 2 aliphatic heterocycles. The maximum absolute atomic E-state index is 12.4. The van der Waals surface area contributed by atoms with Gasteiger partial charge >= 0.3 is 5.97 Å². The Morgan fingerprint density at radius 2 is 2.33 bits per heavy atom. The average Bonchev–Trinajstić information content (AvgIpc) is 2.38. The van der Waals surface area contributed by atoms with Crippen LogP contribution in [0.1, 0.15) is 25.5 Å². The molecule has 1 aromatic rings. The first-order chi connectivity index (χ1) is 9.94. The van der Waals surface area contributed by atoms with Gasteiger partial charge in [0.25, 0.3) is 0 Å². The van der Waals surface area contributed by atoms with Gasteiger partial charge in [0, 0.05) is 10.0 Å². The molecule has 2 N–H and O–H groups in total. The summed E-state index contributed by atoms with van der Waals surface area (Å²) in [7, 11) is 0. The zero-order valence-electron chi connectivity index (χ0n) is 11.6. The van der Waals surface area contributed by atoms with E-state index >= 15 is 0 Å². The number of ether oxygens (including phenoxy) is 2. The van der Waals surface area contributed by atoms with Gasteiger partial charge in [-0.1, -0.05) is 15.9 Å². The molecule has 3 rings (SSSR count). The number of nitrogens with one attached hydrogen (secondary N) is 2. The molecular weight excluding hydrogens is 356 g/mol. The van der Waals surface area contributed by atoms with Crippen LogP contribution in [0.5, 0.6) is 5.75 Å². The van der Waals surface area contributed by atoms with Crippen molar-refractivity contribution in [2.45, 2.75) is 25.6 Å². The van der Waals surface area contributed by atoms with E-state index in [-0.39, 0.29) is 12.0 Å². The van der Waals surface area contributed by atoms with E-state index in [1.54, 1.807) is 6.92 Å². The first-order valence-electron chi connectivity index (χ1n) is 6.68. The zero-order valence-corrected chi connectivity index (χ0v) is 14.0. The Kier molecular flexibility index (Phi) is 3.57.